The molecule has 6 heteroatoms. The number of hydrogen-bond donors (Lipinski definition) is 1. The van der Waals surface area contributed by atoms with Gasteiger partial charge in [-0.3, -0.25) is 9.59 Å². The zero-order valence-corrected chi connectivity index (χ0v) is 13.2. The van der Waals surface area contributed by atoms with Crippen molar-refractivity contribution >= 4 is 22.9 Å². The van der Waals surface area contributed by atoms with Gasteiger partial charge < -0.3 is 14.6 Å². The molecular weight excluding hydrogens is 294 g/mol. The summed E-state index contributed by atoms with van der Waals surface area (Å²) in [6, 6.07) is 5.87. The number of hydrogen-bond acceptors (Lipinski definition) is 4. The number of carbonyl (C=O) groups excluding carboxylic acids is 2. The highest BCUT2D eigenvalue weighted by Gasteiger charge is 2.25. The van der Waals surface area contributed by atoms with Gasteiger partial charge in [-0.05, 0) is 37.0 Å². The predicted octanol–water partition coefficient (Wildman–Crippen LogP) is 1.75. The number of aromatic nitrogens is 1. The van der Waals surface area contributed by atoms with Crippen LogP contribution in [-0.4, -0.2) is 41.3 Å². The summed E-state index contributed by atoms with van der Waals surface area (Å²) < 4.78 is 5.21. The van der Waals surface area contributed by atoms with E-state index in [-0.39, 0.29) is 17.7 Å². The Hall–Kier alpha value is -2.37. The van der Waals surface area contributed by atoms with Gasteiger partial charge in [0.2, 0.25) is 11.8 Å². The summed E-state index contributed by atoms with van der Waals surface area (Å²) in [4.78, 5) is 29.4. The van der Waals surface area contributed by atoms with Gasteiger partial charge >= 0.3 is 0 Å². The topological polar surface area (TPSA) is 75.4 Å². The normalized spacial score (nSPS) is 15.8. The maximum atomic E-state index is 12.2. The first-order valence-electron chi connectivity index (χ1n) is 7.99. The zero-order valence-electron chi connectivity index (χ0n) is 13.2. The molecule has 0 unspecified atom stereocenters. The SMILES string of the molecule is CC(=O)N1CCC(C(=O)NCCc2ccc3ocnc3c2)CC1. The Morgan fingerprint density at radius 2 is 2.13 bits per heavy atom. The Morgan fingerprint density at radius 1 is 1.35 bits per heavy atom. The van der Waals surface area contributed by atoms with Crippen molar-refractivity contribution in [2.24, 2.45) is 5.92 Å². The van der Waals surface area contributed by atoms with Gasteiger partial charge in [-0.1, -0.05) is 6.07 Å². The van der Waals surface area contributed by atoms with Crippen LogP contribution in [0.5, 0.6) is 0 Å². The van der Waals surface area contributed by atoms with Crippen LogP contribution in [0.1, 0.15) is 25.3 Å². The molecule has 3 rings (SSSR count). The first-order valence-corrected chi connectivity index (χ1v) is 7.99. The molecule has 0 saturated carbocycles. The second-order valence-electron chi connectivity index (χ2n) is 5.98. The van der Waals surface area contributed by atoms with E-state index in [1.54, 1.807) is 11.8 Å². The summed E-state index contributed by atoms with van der Waals surface area (Å²) in [6.45, 7) is 3.54. The summed E-state index contributed by atoms with van der Waals surface area (Å²) in [5.74, 6) is 0.200. The Morgan fingerprint density at radius 3 is 2.87 bits per heavy atom. The molecule has 0 atom stereocenters. The number of likely N-dealkylation sites (tertiary alicyclic amines) is 1. The van der Waals surface area contributed by atoms with Crippen LogP contribution in [0, 0.1) is 5.92 Å². The molecule has 1 aliphatic heterocycles. The molecule has 0 radical (unpaired) electrons. The lowest BCUT2D eigenvalue weighted by atomic mass is 9.96. The Balaban J connectivity index is 1.45. The van der Waals surface area contributed by atoms with E-state index in [4.69, 9.17) is 4.42 Å². The Bertz CT molecular complexity index is 702. The number of nitrogens with one attached hydrogen (secondary N) is 1. The second kappa shape index (κ2) is 6.81. The number of oxazole rings is 1. The highest BCUT2D eigenvalue weighted by molar-refractivity contribution is 5.79. The molecule has 1 aromatic heterocycles. The van der Waals surface area contributed by atoms with E-state index in [9.17, 15) is 9.59 Å². The lowest BCUT2D eigenvalue weighted by Crippen LogP contribution is -2.42. The second-order valence-corrected chi connectivity index (χ2v) is 5.98. The minimum Gasteiger partial charge on any atom is -0.443 e. The Kier molecular flexibility index (Phi) is 4.60. The summed E-state index contributed by atoms with van der Waals surface area (Å²) in [6.07, 6.45) is 3.69. The monoisotopic (exact) mass is 315 g/mol. The smallest absolute Gasteiger partial charge is 0.223 e. The zero-order chi connectivity index (χ0) is 16.2. The van der Waals surface area contributed by atoms with E-state index in [0.717, 1.165) is 35.9 Å². The van der Waals surface area contributed by atoms with E-state index in [2.05, 4.69) is 10.3 Å². The average molecular weight is 315 g/mol. The summed E-state index contributed by atoms with van der Waals surface area (Å²) in [5, 5.41) is 3.00. The van der Waals surface area contributed by atoms with E-state index in [1.165, 1.54) is 6.39 Å². The number of rotatable bonds is 4. The van der Waals surface area contributed by atoms with E-state index < -0.39 is 0 Å². The van der Waals surface area contributed by atoms with Crippen molar-refractivity contribution in [3.05, 3.63) is 30.2 Å². The fourth-order valence-electron chi connectivity index (χ4n) is 2.99. The van der Waals surface area contributed by atoms with Crippen molar-refractivity contribution in [3.63, 3.8) is 0 Å². The highest BCUT2D eigenvalue weighted by Crippen LogP contribution is 2.17. The van der Waals surface area contributed by atoms with Crippen molar-refractivity contribution in [2.45, 2.75) is 26.2 Å². The lowest BCUT2D eigenvalue weighted by Gasteiger charge is -2.30. The van der Waals surface area contributed by atoms with Gasteiger partial charge in [-0.25, -0.2) is 4.98 Å². The molecule has 0 aliphatic carbocycles. The number of piperidine rings is 1. The lowest BCUT2D eigenvalue weighted by molar-refractivity contribution is -0.133. The van der Waals surface area contributed by atoms with Crippen molar-refractivity contribution in [1.82, 2.24) is 15.2 Å². The number of fused-ring (bicyclic) bond motifs is 1. The van der Waals surface area contributed by atoms with Crippen LogP contribution < -0.4 is 5.32 Å². The third kappa shape index (κ3) is 3.70. The molecule has 122 valence electrons. The summed E-state index contributed by atoms with van der Waals surface area (Å²) in [7, 11) is 0. The van der Waals surface area contributed by atoms with E-state index in [1.807, 2.05) is 18.2 Å². The van der Waals surface area contributed by atoms with Gasteiger partial charge in [0.15, 0.2) is 12.0 Å². The van der Waals surface area contributed by atoms with Gasteiger partial charge in [0.1, 0.15) is 5.52 Å². The van der Waals surface area contributed by atoms with E-state index in [0.29, 0.717) is 19.6 Å². The Labute approximate surface area is 134 Å². The molecule has 1 fully saturated rings. The summed E-state index contributed by atoms with van der Waals surface area (Å²) in [5.41, 5.74) is 2.73. The molecule has 2 heterocycles. The van der Waals surface area contributed by atoms with Gasteiger partial charge in [-0.2, -0.15) is 0 Å². The molecular formula is C17H21N3O3. The van der Waals surface area contributed by atoms with Crippen LogP contribution in [0.3, 0.4) is 0 Å². The maximum Gasteiger partial charge on any atom is 0.223 e. The maximum absolute atomic E-state index is 12.2. The van der Waals surface area contributed by atoms with Gasteiger partial charge in [-0.15, -0.1) is 0 Å². The fourth-order valence-corrected chi connectivity index (χ4v) is 2.99. The first kappa shape index (κ1) is 15.5. The van der Waals surface area contributed by atoms with Crippen LogP contribution in [0.2, 0.25) is 0 Å². The number of benzene rings is 1. The van der Waals surface area contributed by atoms with Crippen LogP contribution in [0.25, 0.3) is 11.1 Å². The van der Waals surface area contributed by atoms with Crippen LogP contribution >= 0.6 is 0 Å². The van der Waals surface area contributed by atoms with Crippen LogP contribution in [0.4, 0.5) is 0 Å². The molecule has 1 aliphatic rings. The third-order valence-corrected chi connectivity index (χ3v) is 4.42. The highest BCUT2D eigenvalue weighted by atomic mass is 16.3. The van der Waals surface area contributed by atoms with Gasteiger partial charge in [0.05, 0.1) is 0 Å². The fraction of sp³-hybridized carbons (Fsp3) is 0.471. The minimum atomic E-state index is 0.0172. The molecule has 0 bridgehead atoms. The van der Waals surface area contributed by atoms with Crippen molar-refractivity contribution < 1.29 is 14.0 Å². The minimum absolute atomic E-state index is 0.0172. The molecule has 1 saturated heterocycles. The predicted molar refractivity (Wildman–Crippen MR) is 85.7 cm³/mol. The van der Waals surface area contributed by atoms with Crippen LogP contribution in [-0.2, 0) is 16.0 Å². The molecule has 2 aromatic rings. The number of amides is 2. The van der Waals surface area contributed by atoms with Crippen LogP contribution in [0.15, 0.2) is 29.0 Å². The number of carbonyl (C=O) groups is 2. The summed E-state index contributed by atoms with van der Waals surface area (Å²) >= 11 is 0. The molecule has 23 heavy (non-hydrogen) atoms. The molecule has 6 nitrogen and oxygen atoms in total. The molecule has 1 aromatic carbocycles. The average Bonchev–Trinajstić information content (AvgIpc) is 3.02. The number of nitrogens with zero attached hydrogens (tertiary/aromatic N) is 2. The van der Waals surface area contributed by atoms with Crippen molar-refractivity contribution in [2.75, 3.05) is 19.6 Å². The molecule has 0 spiro atoms. The van der Waals surface area contributed by atoms with E-state index >= 15 is 0 Å². The van der Waals surface area contributed by atoms with Gasteiger partial charge in [0, 0.05) is 32.5 Å². The van der Waals surface area contributed by atoms with Crippen molar-refractivity contribution in [3.8, 4) is 0 Å². The van der Waals surface area contributed by atoms with Crippen molar-refractivity contribution in [1.29, 1.82) is 0 Å². The first-order chi connectivity index (χ1) is 11.1. The molecule has 1 N–H and O–H groups in total. The quantitative estimate of drug-likeness (QED) is 0.932. The molecule has 2 amide bonds. The van der Waals surface area contributed by atoms with Gasteiger partial charge in [0.25, 0.3) is 0 Å². The third-order valence-electron chi connectivity index (χ3n) is 4.42. The standard InChI is InChI=1S/C17H21N3O3/c1-12(21)20-8-5-14(6-9-20)17(22)18-7-4-13-2-3-16-15(10-13)19-11-23-16/h2-3,10-11,14H,4-9H2,1H3,(H,18,22). The largest absolute Gasteiger partial charge is 0.443 e.